The molecule has 3 rings (SSSR count). The van der Waals surface area contributed by atoms with Crippen molar-refractivity contribution >= 4 is 17.2 Å². The predicted molar refractivity (Wildman–Crippen MR) is 92.0 cm³/mol. The Morgan fingerprint density at radius 2 is 2.35 bits per heavy atom. The lowest BCUT2D eigenvalue weighted by atomic mass is 9.92. The third-order valence-corrected chi connectivity index (χ3v) is 5.39. The van der Waals surface area contributed by atoms with Crippen LogP contribution in [0.5, 0.6) is 0 Å². The first-order chi connectivity index (χ1) is 11.2. The van der Waals surface area contributed by atoms with Crippen LogP contribution in [0.1, 0.15) is 65.8 Å². The number of aromatic amines is 1. The Labute approximate surface area is 141 Å². The summed E-state index contributed by atoms with van der Waals surface area (Å²) in [4.78, 5) is 19.2. The van der Waals surface area contributed by atoms with Crippen LogP contribution in [0.3, 0.4) is 0 Å². The van der Waals surface area contributed by atoms with Crippen LogP contribution >= 0.6 is 11.3 Å². The molecule has 6 heteroatoms. The summed E-state index contributed by atoms with van der Waals surface area (Å²) in [7, 11) is 0. The number of rotatable bonds is 5. The summed E-state index contributed by atoms with van der Waals surface area (Å²) in [5.41, 5.74) is 3.08. The highest BCUT2D eigenvalue weighted by Gasteiger charge is 2.28. The highest BCUT2D eigenvalue weighted by Crippen LogP contribution is 2.29. The number of hydrogen-bond acceptors (Lipinski definition) is 4. The van der Waals surface area contributed by atoms with E-state index in [0.717, 1.165) is 50.2 Å². The van der Waals surface area contributed by atoms with Crippen molar-refractivity contribution in [1.29, 1.82) is 0 Å². The number of nitrogens with one attached hydrogen (secondary N) is 1. The van der Waals surface area contributed by atoms with Gasteiger partial charge in [-0.25, -0.2) is 4.98 Å². The van der Waals surface area contributed by atoms with Gasteiger partial charge in [0.2, 0.25) is 0 Å². The van der Waals surface area contributed by atoms with Gasteiger partial charge in [-0.15, -0.1) is 11.3 Å². The summed E-state index contributed by atoms with van der Waals surface area (Å²) >= 11 is 1.60. The Hall–Kier alpha value is -1.69. The molecule has 2 aromatic rings. The molecule has 0 bridgehead atoms. The first kappa shape index (κ1) is 16.2. The lowest BCUT2D eigenvalue weighted by Crippen LogP contribution is -2.39. The molecule has 0 aromatic carbocycles. The van der Waals surface area contributed by atoms with Crippen molar-refractivity contribution in [2.45, 2.75) is 51.9 Å². The average Bonchev–Trinajstić information content (AvgIpc) is 3.23. The maximum absolute atomic E-state index is 12.7. The van der Waals surface area contributed by atoms with Gasteiger partial charge >= 0.3 is 0 Å². The van der Waals surface area contributed by atoms with Gasteiger partial charge in [0.25, 0.3) is 5.91 Å². The van der Waals surface area contributed by atoms with Crippen molar-refractivity contribution in [2.75, 3.05) is 13.1 Å². The van der Waals surface area contributed by atoms with Crippen LogP contribution in [-0.2, 0) is 12.8 Å². The minimum atomic E-state index is 0.0749. The third kappa shape index (κ3) is 3.47. The van der Waals surface area contributed by atoms with Gasteiger partial charge in [0.1, 0.15) is 5.69 Å². The molecule has 0 saturated carbocycles. The van der Waals surface area contributed by atoms with Crippen molar-refractivity contribution in [3.8, 4) is 0 Å². The van der Waals surface area contributed by atoms with Crippen LogP contribution in [0, 0.1) is 0 Å². The molecule has 0 spiro atoms. The second-order valence-electron chi connectivity index (χ2n) is 6.13. The molecule has 5 nitrogen and oxygen atoms in total. The Kier molecular flexibility index (Phi) is 5.10. The van der Waals surface area contributed by atoms with Gasteiger partial charge in [0.05, 0.1) is 11.2 Å². The number of aromatic nitrogens is 3. The Morgan fingerprint density at radius 1 is 1.48 bits per heavy atom. The normalized spacial score (nSPS) is 18.3. The Morgan fingerprint density at radius 3 is 3.13 bits per heavy atom. The highest BCUT2D eigenvalue weighted by molar-refractivity contribution is 7.09. The number of H-pyrrole nitrogens is 1. The van der Waals surface area contributed by atoms with Gasteiger partial charge in [0.15, 0.2) is 0 Å². The van der Waals surface area contributed by atoms with Crippen molar-refractivity contribution in [3.05, 3.63) is 33.5 Å². The summed E-state index contributed by atoms with van der Waals surface area (Å²) in [6, 6.07) is 0. The molecule has 3 heterocycles. The van der Waals surface area contributed by atoms with Gasteiger partial charge in [-0.3, -0.25) is 9.89 Å². The SMILES string of the molecule is CCCc1nc(C(=O)N2CCCC(c3[nH]ncc3CC)C2)cs1. The van der Waals surface area contributed by atoms with Crippen molar-refractivity contribution in [1.82, 2.24) is 20.1 Å². The largest absolute Gasteiger partial charge is 0.337 e. The minimum Gasteiger partial charge on any atom is -0.337 e. The topological polar surface area (TPSA) is 61.9 Å². The molecule has 1 fully saturated rings. The second-order valence-corrected chi connectivity index (χ2v) is 7.07. The molecule has 1 atom stereocenters. The summed E-state index contributed by atoms with van der Waals surface area (Å²) in [5.74, 6) is 0.435. The van der Waals surface area contributed by atoms with Crippen molar-refractivity contribution < 1.29 is 4.79 Å². The number of carbonyl (C=O) groups excluding carboxylic acids is 1. The second kappa shape index (κ2) is 7.25. The quantitative estimate of drug-likeness (QED) is 0.913. The van der Waals surface area contributed by atoms with Gasteiger partial charge in [-0.05, 0) is 37.7 Å². The highest BCUT2D eigenvalue weighted by atomic mass is 32.1. The smallest absolute Gasteiger partial charge is 0.273 e. The summed E-state index contributed by atoms with van der Waals surface area (Å²) < 4.78 is 0. The molecule has 1 saturated heterocycles. The number of likely N-dealkylation sites (tertiary alicyclic amines) is 1. The molecular weight excluding hydrogens is 308 g/mol. The first-order valence-corrected chi connectivity index (χ1v) is 9.36. The third-order valence-electron chi connectivity index (χ3n) is 4.48. The van der Waals surface area contributed by atoms with E-state index in [1.807, 2.05) is 16.5 Å². The molecule has 1 N–H and O–H groups in total. The predicted octanol–water partition coefficient (Wildman–Crippen LogP) is 3.40. The Bertz CT molecular complexity index is 663. The molecule has 1 amide bonds. The number of piperidine rings is 1. The number of hydrogen-bond donors (Lipinski definition) is 1. The number of amides is 1. The minimum absolute atomic E-state index is 0.0749. The fraction of sp³-hybridized carbons (Fsp3) is 0.588. The monoisotopic (exact) mass is 332 g/mol. The van der Waals surface area contributed by atoms with Crippen LogP contribution in [0.25, 0.3) is 0 Å². The van der Waals surface area contributed by atoms with E-state index >= 15 is 0 Å². The van der Waals surface area contributed by atoms with E-state index in [1.54, 1.807) is 11.3 Å². The van der Waals surface area contributed by atoms with Crippen LogP contribution in [-0.4, -0.2) is 39.1 Å². The average molecular weight is 332 g/mol. The molecule has 23 heavy (non-hydrogen) atoms. The van der Waals surface area contributed by atoms with E-state index in [0.29, 0.717) is 11.6 Å². The van der Waals surface area contributed by atoms with E-state index in [1.165, 1.54) is 11.3 Å². The van der Waals surface area contributed by atoms with Crippen molar-refractivity contribution in [2.24, 2.45) is 0 Å². The molecule has 0 aliphatic carbocycles. The molecule has 1 unspecified atom stereocenters. The maximum atomic E-state index is 12.7. The van der Waals surface area contributed by atoms with Gasteiger partial charge < -0.3 is 4.90 Å². The van der Waals surface area contributed by atoms with Gasteiger partial charge in [0, 0.05) is 30.1 Å². The number of nitrogens with zero attached hydrogens (tertiary/aromatic N) is 3. The lowest BCUT2D eigenvalue weighted by Gasteiger charge is -2.32. The van der Waals surface area contributed by atoms with Crippen molar-refractivity contribution in [3.63, 3.8) is 0 Å². The molecular formula is C17H24N4OS. The number of aryl methyl sites for hydroxylation is 2. The molecule has 1 aliphatic rings. The van der Waals surface area contributed by atoms with Gasteiger partial charge in [-0.2, -0.15) is 5.10 Å². The van der Waals surface area contributed by atoms with E-state index in [9.17, 15) is 4.79 Å². The summed E-state index contributed by atoms with van der Waals surface area (Å²) in [6.07, 6.45) is 7.04. The standard InChI is InChI=1S/C17H24N4OS/c1-3-6-15-19-14(11-23-15)17(22)21-8-5-7-13(10-21)16-12(4-2)9-18-20-16/h9,11,13H,3-8,10H2,1-2H3,(H,18,20). The summed E-state index contributed by atoms with van der Waals surface area (Å²) in [5, 5.41) is 10.3. The number of carbonyl (C=O) groups is 1. The van der Waals surface area contributed by atoms with Crippen LogP contribution in [0.15, 0.2) is 11.6 Å². The molecule has 1 aliphatic heterocycles. The van der Waals surface area contributed by atoms with E-state index in [2.05, 4.69) is 29.0 Å². The Balaban J connectivity index is 1.71. The first-order valence-electron chi connectivity index (χ1n) is 8.48. The van der Waals surface area contributed by atoms with Crippen LogP contribution < -0.4 is 0 Å². The number of thiazole rings is 1. The zero-order valence-electron chi connectivity index (χ0n) is 13.8. The van der Waals surface area contributed by atoms with Gasteiger partial charge in [-0.1, -0.05) is 13.8 Å². The molecule has 2 aromatic heterocycles. The zero-order chi connectivity index (χ0) is 16.2. The lowest BCUT2D eigenvalue weighted by molar-refractivity contribution is 0.0700. The maximum Gasteiger partial charge on any atom is 0.273 e. The summed E-state index contributed by atoms with van der Waals surface area (Å²) in [6.45, 7) is 5.86. The van der Waals surface area contributed by atoms with Crippen LogP contribution in [0.4, 0.5) is 0 Å². The fourth-order valence-corrected chi connectivity index (χ4v) is 4.13. The van der Waals surface area contributed by atoms with E-state index < -0.39 is 0 Å². The van der Waals surface area contributed by atoms with E-state index in [-0.39, 0.29) is 5.91 Å². The fourth-order valence-electron chi connectivity index (χ4n) is 3.25. The molecule has 0 radical (unpaired) electrons. The molecule has 124 valence electrons. The van der Waals surface area contributed by atoms with Crippen LogP contribution in [0.2, 0.25) is 0 Å². The van der Waals surface area contributed by atoms with E-state index in [4.69, 9.17) is 0 Å². The zero-order valence-corrected chi connectivity index (χ0v) is 14.7.